The number of fused-ring (bicyclic) bond motifs is 10. The molecule has 0 saturated carbocycles. The summed E-state index contributed by atoms with van der Waals surface area (Å²) in [5, 5.41) is 0. The van der Waals surface area contributed by atoms with Crippen molar-refractivity contribution in [2.75, 3.05) is 0 Å². The Kier molecular flexibility index (Phi) is 6.26. The molecule has 1 aliphatic carbocycles. The number of ketones is 1. The number of carbonyl (C=O) groups is 1. The van der Waals surface area contributed by atoms with Gasteiger partial charge in [-0.3, -0.25) is 4.79 Å². The molecule has 0 fully saturated rings. The zero-order valence-electron chi connectivity index (χ0n) is 26.8. The number of aromatic nitrogens is 4. The van der Waals surface area contributed by atoms with Crippen LogP contribution in [0.15, 0.2) is 133 Å². The molecule has 0 unspecified atom stereocenters. The molecule has 5 nitrogen and oxygen atoms in total. The van der Waals surface area contributed by atoms with Crippen LogP contribution in [0.5, 0.6) is 0 Å². The zero-order valence-corrected chi connectivity index (χ0v) is 26.8. The number of benzene rings is 4. The van der Waals surface area contributed by atoms with Crippen LogP contribution in [0.2, 0.25) is 0 Å². The van der Waals surface area contributed by atoms with Crippen LogP contribution < -0.4 is 0 Å². The Bertz CT molecular complexity index is 2750. The van der Waals surface area contributed by atoms with Crippen LogP contribution in [0.25, 0.3) is 90.9 Å². The molecule has 3 aromatic heterocycles. The smallest absolute Gasteiger partial charge is 0.195 e. The summed E-state index contributed by atoms with van der Waals surface area (Å²) in [4.78, 5) is 32.3. The van der Waals surface area contributed by atoms with Crippen molar-refractivity contribution in [3.63, 3.8) is 0 Å². The minimum absolute atomic E-state index is 0.00931. The van der Waals surface area contributed by atoms with E-state index in [2.05, 4.69) is 107 Å². The molecule has 0 atom stereocenters. The Morgan fingerprint density at radius 2 is 0.800 bits per heavy atom. The molecule has 4 aromatic carbocycles. The van der Waals surface area contributed by atoms with Gasteiger partial charge in [0.15, 0.2) is 5.78 Å². The van der Waals surface area contributed by atoms with Crippen molar-refractivity contribution in [2.45, 2.75) is 0 Å². The van der Waals surface area contributed by atoms with Crippen molar-refractivity contribution in [3.05, 3.63) is 167 Å². The third-order valence-corrected chi connectivity index (χ3v) is 9.74. The number of rotatable bonds is 3. The summed E-state index contributed by atoms with van der Waals surface area (Å²) < 4.78 is 0. The van der Waals surface area contributed by atoms with Crippen molar-refractivity contribution in [1.29, 1.82) is 0 Å². The predicted molar refractivity (Wildman–Crippen MR) is 204 cm³/mol. The number of nitrogens with zero attached hydrogens (tertiary/aromatic N) is 2. The topological polar surface area (TPSA) is 74.4 Å². The van der Waals surface area contributed by atoms with E-state index in [1.54, 1.807) is 0 Å². The van der Waals surface area contributed by atoms with E-state index in [1.807, 2.05) is 60.7 Å². The molecule has 2 aliphatic heterocycles. The van der Waals surface area contributed by atoms with Crippen LogP contribution >= 0.6 is 0 Å². The van der Waals surface area contributed by atoms with Gasteiger partial charge in [-0.15, -0.1) is 0 Å². The normalized spacial score (nSPS) is 12.7. The molecule has 5 heterocycles. The van der Waals surface area contributed by atoms with Crippen molar-refractivity contribution in [3.8, 4) is 44.5 Å². The van der Waals surface area contributed by atoms with Gasteiger partial charge in [0, 0.05) is 49.9 Å². The second-order valence-electron chi connectivity index (χ2n) is 12.7. The maximum atomic E-state index is 14.2. The highest BCUT2D eigenvalue weighted by molar-refractivity contribution is 6.24. The molecule has 3 aliphatic rings. The molecule has 234 valence electrons. The number of hydrogen-bond donors (Lipinski definition) is 2. The molecule has 0 amide bonds. The lowest BCUT2D eigenvalue weighted by atomic mass is 9.87. The molecule has 5 heteroatoms. The first-order valence-corrected chi connectivity index (χ1v) is 16.7. The molecule has 10 rings (SSSR count). The first kappa shape index (κ1) is 28.2. The van der Waals surface area contributed by atoms with Crippen LogP contribution in [0.4, 0.5) is 0 Å². The lowest BCUT2D eigenvalue weighted by Gasteiger charge is -2.15. The molecule has 8 bridgehead atoms. The number of nitrogens with one attached hydrogen (secondary N) is 2. The summed E-state index contributed by atoms with van der Waals surface area (Å²) in [6.45, 7) is 0. The highest BCUT2D eigenvalue weighted by atomic mass is 16.1. The van der Waals surface area contributed by atoms with E-state index in [0.717, 1.165) is 89.4 Å². The molecular formula is C45H28N4O. The van der Waals surface area contributed by atoms with E-state index < -0.39 is 0 Å². The van der Waals surface area contributed by atoms with Crippen LogP contribution in [0.3, 0.4) is 0 Å². The Hall–Kier alpha value is -6.85. The summed E-state index contributed by atoms with van der Waals surface area (Å²) in [6, 6.07) is 45.1. The standard InChI is InChI=1S/C45H28N4O/c50-45-31-19-11-10-18-30(31)43-38-25-24-36(48-38)41(28-14-6-2-7-15-28)34-21-20-33(46-34)40(27-12-4-1-5-13-27)35-22-23-37(47-35)42(29-16-8-3-9-17-29)39-26-32(45)44(43)49-39/h1-26,46,49H. The van der Waals surface area contributed by atoms with Crippen molar-refractivity contribution < 1.29 is 4.79 Å². The Morgan fingerprint density at radius 1 is 0.380 bits per heavy atom. The lowest BCUT2D eigenvalue weighted by molar-refractivity contribution is 0.104. The second kappa shape index (κ2) is 11.1. The van der Waals surface area contributed by atoms with E-state index >= 15 is 0 Å². The van der Waals surface area contributed by atoms with Crippen molar-refractivity contribution >= 4 is 52.2 Å². The van der Waals surface area contributed by atoms with Crippen molar-refractivity contribution in [2.24, 2.45) is 0 Å². The van der Waals surface area contributed by atoms with E-state index in [-0.39, 0.29) is 5.78 Å². The quantitative estimate of drug-likeness (QED) is 0.202. The highest BCUT2D eigenvalue weighted by Gasteiger charge is 2.28. The fourth-order valence-electron chi connectivity index (χ4n) is 7.52. The number of H-pyrrole nitrogens is 2. The van der Waals surface area contributed by atoms with Crippen LogP contribution in [0.1, 0.15) is 38.7 Å². The molecule has 0 radical (unpaired) electrons. The Morgan fingerprint density at radius 3 is 1.30 bits per heavy atom. The van der Waals surface area contributed by atoms with Crippen LogP contribution in [0, 0.1) is 0 Å². The fraction of sp³-hybridized carbons (Fsp3) is 0. The lowest BCUT2D eigenvalue weighted by Crippen LogP contribution is -2.08. The predicted octanol–water partition coefficient (Wildman–Crippen LogP) is 10.9. The van der Waals surface area contributed by atoms with Gasteiger partial charge in [-0.05, 0) is 64.8 Å². The third-order valence-electron chi connectivity index (χ3n) is 9.74. The van der Waals surface area contributed by atoms with Gasteiger partial charge < -0.3 is 9.97 Å². The summed E-state index contributed by atoms with van der Waals surface area (Å²) >= 11 is 0. The fourth-order valence-corrected chi connectivity index (χ4v) is 7.52. The average molecular weight is 641 g/mol. The van der Waals surface area contributed by atoms with Gasteiger partial charge in [0.2, 0.25) is 0 Å². The zero-order chi connectivity index (χ0) is 33.2. The number of aromatic amines is 2. The summed E-state index contributed by atoms with van der Waals surface area (Å²) in [6.07, 6.45) is 8.32. The Labute approximate surface area is 288 Å². The third kappa shape index (κ3) is 4.37. The first-order chi connectivity index (χ1) is 24.7. The average Bonchev–Trinajstić information content (AvgIpc) is 4.00. The maximum Gasteiger partial charge on any atom is 0.195 e. The molecule has 50 heavy (non-hydrogen) atoms. The summed E-state index contributed by atoms with van der Waals surface area (Å²) in [5.41, 5.74) is 15.9. The molecule has 7 aromatic rings. The van der Waals surface area contributed by atoms with Gasteiger partial charge in [-0.25, -0.2) is 9.97 Å². The second-order valence-corrected chi connectivity index (χ2v) is 12.7. The van der Waals surface area contributed by atoms with Gasteiger partial charge in [0.05, 0.1) is 28.3 Å². The van der Waals surface area contributed by atoms with Crippen LogP contribution in [-0.4, -0.2) is 25.7 Å². The highest BCUT2D eigenvalue weighted by Crippen LogP contribution is 2.42. The van der Waals surface area contributed by atoms with Gasteiger partial charge >= 0.3 is 0 Å². The van der Waals surface area contributed by atoms with E-state index in [0.29, 0.717) is 11.1 Å². The number of hydrogen-bond acceptors (Lipinski definition) is 3. The molecule has 0 saturated heterocycles. The van der Waals surface area contributed by atoms with Gasteiger partial charge in [0.25, 0.3) is 0 Å². The first-order valence-electron chi connectivity index (χ1n) is 16.7. The van der Waals surface area contributed by atoms with Crippen LogP contribution in [-0.2, 0) is 0 Å². The van der Waals surface area contributed by atoms with Gasteiger partial charge in [0.1, 0.15) is 0 Å². The maximum absolute atomic E-state index is 14.2. The van der Waals surface area contributed by atoms with E-state index in [1.165, 1.54) is 0 Å². The van der Waals surface area contributed by atoms with Crippen molar-refractivity contribution in [1.82, 2.24) is 19.9 Å². The monoisotopic (exact) mass is 640 g/mol. The number of carbonyl (C=O) groups excluding carboxylic acids is 1. The summed E-state index contributed by atoms with van der Waals surface area (Å²) in [5.74, 6) is -0.00931. The largest absolute Gasteiger partial charge is 0.354 e. The minimum atomic E-state index is -0.00931. The Balaban J connectivity index is 1.44. The van der Waals surface area contributed by atoms with E-state index in [9.17, 15) is 4.79 Å². The SMILES string of the molecule is O=C1c2ccccc2-c2c3nc(c(-c4ccccc4)c4ccc([nH]4)c(-c4ccccc4)c4nc(c(-c5ccccc5)c5cc1c2[nH]5)C=C4)C=C3. The van der Waals surface area contributed by atoms with E-state index in [4.69, 9.17) is 9.97 Å². The minimum Gasteiger partial charge on any atom is -0.354 e. The molecule has 2 N–H and O–H groups in total. The van der Waals surface area contributed by atoms with Gasteiger partial charge in [-0.2, -0.15) is 0 Å². The molecular weight excluding hydrogens is 613 g/mol. The molecule has 0 spiro atoms. The van der Waals surface area contributed by atoms with Gasteiger partial charge in [-0.1, -0.05) is 115 Å². The summed E-state index contributed by atoms with van der Waals surface area (Å²) in [7, 11) is 0.